The number of carboxylic acids is 1. The largest absolute Gasteiger partial charge is 0.506 e. The molecule has 0 radical (unpaired) electrons. The van der Waals surface area contributed by atoms with E-state index in [1.165, 1.54) is 18.2 Å². The Hall–Kier alpha value is -2.60. The van der Waals surface area contributed by atoms with Gasteiger partial charge in [-0.1, -0.05) is 11.6 Å². The lowest BCUT2D eigenvalue weighted by atomic mass is 10.1. The second-order valence-corrected chi connectivity index (χ2v) is 4.53. The molecule has 0 aliphatic rings. The van der Waals surface area contributed by atoms with Gasteiger partial charge in [-0.25, -0.2) is 9.18 Å². The van der Waals surface area contributed by atoms with Gasteiger partial charge < -0.3 is 15.5 Å². The van der Waals surface area contributed by atoms with Gasteiger partial charge in [0.2, 0.25) is 0 Å². The molecule has 0 aromatic heterocycles. The van der Waals surface area contributed by atoms with E-state index in [9.17, 15) is 19.1 Å². The predicted octanol–water partition coefficient (Wildman–Crippen LogP) is 3.14. The molecule has 0 saturated heterocycles. The van der Waals surface area contributed by atoms with E-state index in [2.05, 4.69) is 5.32 Å². The van der Waals surface area contributed by atoms with Crippen molar-refractivity contribution >= 4 is 29.2 Å². The molecule has 7 heteroatoms. The van der Waals surface area contributed by atoms with Gasteiger partial charge in [-0.2, -0.15) is 0 Å². The summed E-state index contributed by atoms with van der Waals surface area (Å²) in [5, 5.41) is 20.6. The molecule has 0 heterocycles. The molecular weight excluding hydrogens is 301 g/mol. The number of hydrogen-bond donors (Lipinski definition) is 3. The van der Waals surface area contributed by atoms with E-state index in [0.717, 1.165) is 18.2 Å². The number of aromatic carboxylic acids is 1. The topological polar surface area (TPSA) is 86.6 Å². The fraction of sp³-hybridized carbons (Fsp3) is 0. The van der Waals surface area contributed by atoms with Crippen LogP contribution in [0.25, 0.3) is 0 Å². The van der Waals surface area contributed by atoms with Crippen molar-refractivity contribution in [3.63, 3.8) is 0 Å². The monoisotopic (exact) mass is 309 g/mol. The Morgan fingerprint density at radius 2 is 1.76 bits per heavy atom. The van der Waals surface area contributed by atoms with Gasteiger partial charge in [0.05, 0.1) is 16.3 Å². The zero-order chi connectivity index (χ0) is 15.6. The molecule has 0 saturated carbocycles. The Kier molecular flexibility index (Phi) is 4.09. The molecule has 0 fully saturated rings. The number of aromatic hydroxyl groups is 1. The number of phenolic OH excluding ortho intramolecular Hbond substituents is 1. The highest BCUT2D eigenvalue weighted by molar-refractivity contribution is 6.31. The number of anilines is 1. The van der Waals surface area contributed by atoms with Crippen LogP contribution in [0, 0.1) is 5.82 Å². The highest BCUT2D eigenvalue weighted by Crippen LogP contribution is 2.25. The minimum absolute atomic E-state index is 0.0328. The lowest BCUT2D eigenvalue weighted by molar-refractivity contribution is 0.0696. The zero-order valence-corrected chi connectivity index (χ0v) is 11.2. The van der Waals surface area contributed by atoms with Gasteiger partial charge in [0.15, 0.2) is 0 Å². The average Bonchev–Trinajstić information content (AvgIpc) is 2.43. The van der Waals surface area contributed by atoms with Crippen molar-refractivity contribution in [3.8, 4) is 5.75 Å². The van der Waals surface area contributed by atoms with E-state index in [-0.39, 0.29) is 21.8 Å². The minimum atomic E-state index is -1.20. The number of carbonyl (C=O) groups excluding carboxylic acids is 1. The molecule has 0 atom stereocenters. The molecule has 0 aliphatic carbocycles. The van der Waals surface area contributed by atoms with E-state index >= 15 is 0 Å². The summed E-state index contributed by atoms with van der Waals surface area (Å²) in [5.41, 5.74) is 0.0175. The zero-order valence-electron chi connectivity index (χ0n) is 10.4. The van der Waals surface area contributed by atoms with E-state index in [1.807, 2.05) is 0 Å². The van der Waals surface area contributed by atoms with Crippen LogP contribution in [0.15, 0.2) is 36.4 Å². The van der Waals surface area contributed by atoms with Gasteiger partial charge >= 0.3 is 5.97 Å². The number of benzene rings is 2. The summed E-state index contributed by atoms with van der Waals surface area (Å²) in [6, 6.07) is 6.92. The van der Waals surface area contributed by atoms with Gasteiger partial charge in [0, 0.05) is 5.56 Å². The van der Waals surface area contributed by atoms with E-state index in [0.29, 0.717) is 0 Å². The molecule has 1 amide bonds. The number of rotatable bonds is 3. The molecule has 2 aromatic carbocycles. The third-order valence-electron chi connectivity index (χ3n) is 2.67. The van der Waals surface area contributed by atoms with Crippen molar-refractivity contribution < 1.29 is 24.2 Å². The lowest BCUT2D eigenvalue weighted by Gasteiger charge is -2.08. The average molecular weight is 310 g/mol. The number of hydrogen-bond acceptors (Lipinski definition) is 3. The molecule has 3 N–H and O–H groups in total. The van der Waals surface area contributed by atoms with Crippen molar-refractivity contribution in [1.29, 1.82) is 0 Å². The van der Waals surface area contributed by atoms with Crippen molar-refractivity contribution in [3.05, 3.63) is 58.4 Å². The Bertz CT molecular complexity index is 733. The number of halogens is 2. The van der Waals surface area contributed by atoms with Crippen LogP contribution in [0.1, 0.15) is 20.7 Å². The molecule has 0 bridgehead atoms. The minimum Gasteiger partial charge on any atom is -0.506 e. The molecule has 5 nitrogen and oxygen atoms in total. The predicted molar refractivity (Wildman–Crippen MR) is 74.4 cm³/mol. The van der Waals surface area contributed by atoms with Gasteiger partial charge in [-0.05, 0) is 36.4 Å². The number of amides is 1. The first-order valence-corrected chi connectivity index (χ1v) is 6.09. The highest BCUT2D eigenvalue weighted by Gasteiger charge is 2.13. The Labute approximate surface area is 123 Å². The first kappa shape index (κ1) is 14.8. The van der Waals surface area contributed by atoms with Crippen LogP contribution in [0.5, 0.6) is 5.75 Å². The van der Waals surface area contributed by atoms with Gasteiger partial charge in [0.1, 0.15) is 11.6 Å². The highest BCUT2D eigenvalue weighted by atomic mass is 35.5. The summed E-state index contributed by atoms with van der Waals surface area (Å²) in [4.78, 5) is 22.7. The van der Waals surface area contributed by atoms with Crippen LogP contribution < -0.4 is 5.32 Å². The van der Waals surface area contributed by atoms with Crippen molar-refractivity contribution in [2.24, 2.45) is 0 Å². The van der Waals surface area contributed by atoms with Crippen LogP contribution in [0.3, 0.4) is 0 Å². The molecular formula is C14H9ClFNO4. The number of nitrogens with one attached hydrogen (secondary N) is 1. The molecule has 0 aliphatic heterocycles. The van der Waals surface area contributed by atoms with E-state index < -0.39 is 23.4 Å². The smallest absolute Gasteiger partial charge is 0.335 e. The maximum atomic E-state index is 13.0. The molecule has 2 rings (SSSR count). The maximum absolute atomic E-state index is 13.0. The number of carbonyl (C=O) groups is 2. The standard InChI is InChI=1S/C14H9ClFNO4/c15-9-5-7(1-3-10(9)16)13(19)17-11-4-2-8(14(20)21)6-12(11)18/h1-6,18H,(H,17,19)(H,20,21). The van der Waals surface area contributed by atoms with Crippen LogP contribution in [-0.2, 0) is 0 Å². The Morgan fingerprint density at radius 1 is 1.10 bits per heavy atom. The van der Waals surface area contributed by atoms with Crippen molar-refractivity contribution in [1.82, 2.24) is 0 Å². The van der Waals surface area contributed by atoms with Crippen LogP contribution in [-0.4, -0.2) is 22.1 Å². The summed E-state index contributed by atoms with van der Waals surface area (Å²) in [5.74, 6) is -2.86. The number of phenols is 1. The molecule has 0 unspecified atom stereocenters. The Morgan fingerprint density at radius 3 is 2.33 bits per heavy atom. The van der Waals surface area contributed by atoms with E-state index in [4.69, 9.17) is 16.7 Å². The van der Waals surface area contributed by atoms with Crippen LogP contribution in [0.4, 0.5) is 10.1 Å². The summed E-state index contributed by atoms with van der Waals surface area (Å²) < 4.78 is 13.0. The van der Waals surface area contributed by atoms with E-state index in [1.54, 1.807) is 0 Å². The fourth-order valence-corrected chi connectivity index (χ4v) is 1.78. The SMILES string of the molecule is O=C(O)c1ccc(NC(=O)c2ccc(F)c(Cl)c2)c(O)c1. The second kappa shape index (κ2) is 5.80. The van der Waals surface area contributed by atoms with Crippen LogP contribution >= 0.6 is 11.6 Å². The van der Waals surface area contributed by atoms with Crippen molar-refractivity contribution in [2.45, 2.75) is 0 Å². The quantitative estimate of drug-likeness (QED) is 0.760. The molecule has 108 valence electrons. The summed E-state index contributed by atoms with van der Waals surface area (Å²) >= 11 is 5.58. The summed E-state index contributed by atoms with van der Waals surface area (Å²) in [6.07, 6.45) is 0. The maximum Gasteiger partial charge on any atom is 0.335 e. The Balaban J connectivity index is 2.23. The van der Waals surface area contributed by atoms with Crippen molar-refractivity contribution in [2.75, 3.05) is 5.32 Å². The van der Waals surface area contributed by atoms with Gasteiger partial charge in [-0.3, -0.25) is 4.79 Å². The molecule has 2 aromatic rings. The number of carboxylic acid groups (broad SMARTS) is 1. The molecule has 21 heavy (non-hydrogen) atoms. The third-order valence-corrected chi connectivity index (χ3v) is 2.96. The first-order valence-electron chi connectivity index (χ1n) is 5.71. The first-order chi connectivity index (χ1) is 9.88. The third kappa shape index (κ3) is 3.29. The van der Waals surface area contributed by atoms with Gasteiger partial charge in [0.25, 0.3) is 5.91 Å². The fourth-order valence-electron chi connectivity index (χ4n) is 1.60. The lowest BCUT2D eigenvalue weighted by Crippen LogP contribution is -2.12. The second-order valence-electron chi connectivity index (χ2n) is 4.12. The van der Waals surface area contributed by atoms with Gasteiger partial charge in [-0.15, -0.1) is 0 Å². The molecule has 0 spiro atoms. The normalized spacial score (nSPS) is 10.2. The summed E-state index contributed by atoms with van der Waals surface area (Å²) in [7, 11) is 0. The summed E-state index contributed by atoms with van der Waals surface area (Å²) in [6.45, 7) is 0. The van der Waals surface area contributed by atoms with Crippen LogP contribution in [0.2, 0.25) is 5.02 Å².